The van der Waals surface area contributed by atoms with Crippen LogP contribution in [0.2, 0.25) is 0 Å². The topological polar surface area (TPSA) is 52.5 Å². The highest BCUT2D eigenvalue weighted by atomic mass is 35.5. The van der Waals surface area contributed by atoms with Crippen molar-refractivity contribution < 1.29 is 10.2 Å². The second-order valence-electron chi connectivity index (χ2n) is 2.82. The van der Waals surface area contributed by atoms with Gasteiger partial charge >= 0.3 is 0 Å². The molecule has 0 aromatic rings. The lowest BCUT2D eigenvalue weighted by Crippen LogP contribution is -2.36. The van der Waals surface area contributed by atoms with Crippen LogP contribution in [0.1, 0.15) is 6.92 Å². The zero-order valence-electron chi connectivity index (χ0n) is 7.09. The van der Waals surface area contributed by atoms with Crippen LogP contribution in [0.5, 0.6) is 0 Å². The first-order chi connectivity index (χ1) is 6.07. The van der Waals surface area contributed by atoms with E-state index in [1.165, 1.54) is 0 Å². The van der Waals surface area contributed by atoms with E-state index in [2.05, 4.69) is 5.32 Å². The molecule has 0 saturated heterocycles. The first-order valence-corrected chi connectivity index (χ1v) is 4.69. The van der Waals surface area contributed by atoms with Gasteiger partial charge in [0.1, 0.15) is 16.6 Å². The van der Waals surface area contributed by atoms with Gasteiger partial charge in [-0.05, 0) is 18.1 Å². The third-order valence-electron chi connectivity index (χ3n) is 2.02. The van der Waals surface area contributed by atoms with Gasteiger partial charge in [-0.15, -0.1) is 23.2 Å². The molecule has 5 heteroatoms. The highest BCUT2D eigenvalue weighted by molar-refractivity contribution is 6.45. The fourth-order valence-corrected chi connectivity index (χ4v) is 1.52. The number of hydrogen-bond donors (Lipinski definition) is 3. The zero-order valence-corrected chi connectivity index (χ0v) is 8.60. The van der Waals surface area contributed by atoms with Gasteiger partial charge in [-0.1, -0.05) is 0 Å². The minimum atomic E-state index is -0.716. The first-order valence-electron chi connectivity index (χ1n) is 3.82. The van der Waals surface area contributed by atoms with Gasteiger partial charge in [0, 0.05) is 6.20 Å². The Morgan fingerprint density at radius 1 is 1.62 bits per heavy atom. The van der Waals surface area contributed by atoms with Gasteiger partial charge in [0.2, 0.25) is 0 Å². The number of aliphatic hydroxyl groups is 2. The van der Waals surface area contributed by atoms with Crippen LogP contribution in [0.25, 0.3) is 0 Å². The van der Waals surface area contributed by atoms with Crippen molar-refractivity contribution in [1.82, 2.24) is 5.32 Å². The van der Waals surface area contributed by atoms with Gasteiger partial charge in [-0.2, -0.15) is 0 Å². The molecule has 0 aromatic heterocycles. The van der Waals surface area contributed by atoms with Gasteiger partial charge < -0.3 is 15.5 Å². The molecule has 1 aliphatic heterocycles. The molecule has 3 N–H and O–H groups in total. The lowest BCUT2D eigenvalue weighted by atomic mass is 10.0. The number of hydrogen-bond acceptors (Lipinski definition) is 3. The molecule has 0 spiro atoms. The number of rotatable bonds is 2. The normalized spacial score (nSPS) is 23.2. The minimum absolute atomic E-state index is 0.0848. The fraction of sp³-hybridized carbons (Fsp3) is 0.500. The number of halogens is 2. The van der Waals surface area contributed by atoms with Crippen molar-refractivity contribution >= 4 is 23.2 Å². The zero-order chi connectivity index (χ0) is 10.0. The molecule has 1 aliphatic rings. The predicted molar refractivity (Wildman–Crippen MR) is 52.9 cm³/mol. The Morgan fingerprint density at radius 3 is 2.69 bits per heavy atom. The molecule has 1 atom stereocenters. The number of dihydropyridines is 1. The Balaban J connectivity index is 2.90. The smallest absolute Gasteiger partial charge is 0.135 e. The molecule has 3 nitrogen and oxygen atoms in total. The molecule has 1 rings (SSSR count). The largest absolute Gasteiger partial charge is 0.510 e. The van der Waals surface area contributed by atoms with E-state index >= 15 is 0 Å². The summed E-state index contributed by atoms with van der Waals surface area (Å²) in [4.78, 5) is -0.716. The summed E-state index contributed by atoms with van der Waals surface area (Å²) >= 11 is 11.2. The summed E-state index contributed by atoms with van der Waals surface area (Å²) in [7, 11) is 0. The van der Waals surface area contributed by atoms with Crippen LogP contribution in [-0.4, -0.2) is 27.7 Å². The summed E-state index contributed by atoms with van der Waals surface area (Å²) in [6, 6.07) is -0.487. The van der Waals surface area contributed by atoms with Gasteiger partial charge in [0.05, 0.1) is 6.61 Å². The van der Waals surface area contributed by atoms with Crippen LogP contribution >= 0.6 is 23.2 Å². The fourth-order valence-electron chi connectivity index (χ4n) is 1.13. The van der Waals surface area contributed by atoms with E-state index in [0.717, 1.165) is 0 Å². The molecule has 13 heavy (non-hydrogen) atoms. The number of aliphatic hydroxyl groups excluding tert-OH is 2. The quantitative estimate of drug-likeness (QED) is 0.622. The van der Waals surface area contributed by atoms with Crippen molar-refractivity contribution in [2.24, 2.45) is 0 Å². The van der Waals surface area contributed by atoms with Crippen LogP contribution in [0.15, 0.2) is 23.1 Å². The van der Waals surface area contributed by atoms with E-state index in [4.69, 9.17) is 28.3 Å². The summed E-state index contributed by atoms with van der Waals surface area (Å²) in [5.41, 5.74) is 1.26. The second-order valence-corrected chi connectivity index (χ2v) is 3.98. The predicted octanol–water partition coefficient (Wildman–Crippen LogP) is 1.47. The van der Waals surface area contributed by atoms with Crippen molar-refractivity contribution in [3.63, 3.8) is 0 Å². The highest BCUT2D eigenvalue weighted by Gasteiger charge is 2.26. The van der Waals surface area contributed by atoms with Crippen molar-refractivity contribution in [1.29, 1.82) is 0 Å². The monoisotopic (exact) mass is 223 g/mol. The molecule has 0 saturated carbocycles. The van der Waals surface area contributed by atoms with E-state index in [0.29, 0.717) is 11.1 Å². The lowest BCUT2D eigenvalue weighted by molar-refractivity contribution is 0.315. The standard InChI is InChI=1S/C8H11Cl2NO2/c1-4-5(3-12)2-11-6(7(4)13)8(9)10/h2,6,8,11-13H,3H2,1H3. The average molecular weight is 224 g/mol. The maximum absolute atomic E-state index is 9.61. The summed E-state index contributed by atoms with van der Waals surface area (Å²) in [6.07, 6.45) is 1.61. The Kier molecular flexibility index (Phi) is 3.47. The van der Waals surface area contributed by atoms with Gasteiger partial charge in [-0.3, -0.25) is 0 Å². The van der Waals surface area contributed by atoms with Crippen LogP contribution < -0.4 is 5.32 Å². The van der Waals surface area contributed by atoms with Gasteiger partial charge in [-0.25, -0.2) is 0 Å². The van der Waals surface area contributed by atoms with E-state index in [1.54, 1.807) is 13.1 Å². The second kappa shape index (κ2) is 4.22. The average Bonchev–Trinajstić information content (AvgIpc) is 2.09. The van der Waals surface area contributed by atoms with E-state index in [-0.39, 0.29) is 12.4 Å². The van der Waals surface area contributed by atoms with Crippen LogP contribution in [0, 0.1) is 0 Å². The molecule has 0 aliphatic carbocycles. The summed E-state index contributed by atoms with van der Waals surface area (Å²) < 4.78 is 0. The van der Waals surface area contributed by atoms with Crippen molar-refractivity contribution in [2.75, 3.05) is 6.61 Å². The maximum Gasteiger partial charge on any atom is 0.135 e. The highest BCUT2D eigenvalue weighted by Crippen LogP contribution is 2.24. The van der Waals surface area contributed by atoms with Crippen molar-refractivity contribution in [3.8, 4) is 0 Å². The van der Waals surface area contributed by atoms with E-state index in [1.807, 2.05) is 0 Å². The van der Waals surface area contributed by atoms with Gasteiger partial charge in [0.25, 0.3) is 0 Å². The summed E-state index contributed by atoms with van der Waals surface area (Å²) in [5, 5.41) is 21.3. The molecular weight excluding hydrogens is 213 g/mol. The molecule has 0 fully saturated rings. The van der Waals surface area contributed by atoms with Crippen LogP contribution in [0.4, 0.5) is 0 Å². The minimum Gasteiger partial charge on any atom is -0.510 e. The molecule has 0 amide bonds. The SMILES string of the molecule is CC1=C(O)C(C(Cl)Cl)NC=C1CO. The Hall–Kier alpha value is -0.380. The lowest BCUT2D eigenvalue weighted by Gasteiger charge is -2.25. The molecule has 1 heterocycles. The van der Waals surface area contributed by atoms with Gasteiger partial charge in [0.15, 0.2) is 0 Å². The molecule has 0 bridgehead atoms. The molecule has 0 radical (unpaired) electrons. The summed E-state index contributed by atoms with van der Waals surface area (Å²) in [6.45, 7) is 1.59. The number of nitrogens with one attached hydrogen (secondary N) is 1. The molecule has 1 unspecified atom stereocenters. The van der Waals surface area contributed by atoms with Crippen molar-refractivity contribution in [3.05, 3.63) is 23.1 Å². The van der Waals surface area contributed by atoms with Crippen LogP contribution in [0.3, 0.4) is 0 Å². The first kappa shape index (κ1) is 10.7. The van der Waals surface area contributed by atoms with Crippen LogP contribution in [-0.2, 0) is 0 Å². The van der Waals surface area contributed by atoms with E-state index in [9.17, 15) is 5.11 Å². The molecule has 74 valence electrons. The molecular formula is C8H11Cl2NO2. The van der Waals surface area contributed by atoms with Crippen molar-refractivity contribution in [2.45, 2.75) is 17.8 Å². The third-order valence-corrected chi connectivity index (χ3v) is 2.52. The van der Waals surface area contributed by atoms with E-state index < -0.39 is 10.9 Å². The maximum atomic E-state index is 9.61. The Labute approximate surface area is 86.7 Å². The Morgan fingerprint density at radius 2 is 2.23 bits per heavy atom. The Bertz CT molecular complexity index is 261. The summed E-state index contributed by atoms with van der Waals surface area (Å²) in [5.74, 6) is 0.0848. The number of alkyl halides is 2. The molecule has 0 aromatic carbocycles. The third kappa shape index (κ3) is 2.10.